The van der Waals surface area contributed by atoms with Gasteiger partial charge in [-0.1, -0.05) is 42.0 Å². The van der Waals surface area contributed by atoms with Gasteiger partial charge in [0.25, 0.3) is 0 Å². The SMILES string of the molecule is COc1ccc(/C(C#N)=C/c2cccc(OCc3ccc(C)cc3)c2)cc1OC. The van der Waals surface area contributed by atoms with Crippen LogP contribution in [-0.4, -0.2) is 14.2 Å². The first-order valence-electron chi connectivity index (χ1n) is 9.25. The van der Waals surface area contributed by atoms with Crippen LogP contribution in [0.25, 0.3) is 11.6 Å². The van der Waals surface area contributed by atoms with Crippen molar-refractivity contribution in [2.24, 2.45) is 0 Å². The number of aryl methyl sites for hydroxylation is 1. The smallest absolute Gasteiger partial charge is 0.161 e. The van der Waals surface area contributed by atoms with Gasteiger partial charge >= 0.3 is 0 Å². The molecule has 0 saturated heterocycles. The number of allylic oxidation sites excluding steroid dienone is 1. The van der Waals surface area contributed by atoms with Crippen molar-refractivity contribution in [1.29, 1.82) is 5.26 Å². The summed E-state index contributed by atoms with van der Waals surface area (Å²) in [5, 5.41) is 9.65. The lowest BCUT2D eigenvalue weighted by Gasteiger charge is -2.10. The molecule has 0 unspecified atom stereocenters. The van der Waals surface area contributed by atoms with E-state index >= 15 is 0 Å². The molecule has 0 spiro atoms. The first-order valence-corrected chi connectivity index (χ1v) is 9.25. The zero-order valence-corrected chi connectivity index (χ0v) is 16.8. The second-order valence-corrected chi connectivity index (χ2v) is 6.59. The Hall–Kier alpha value is -3.71. The first kappa shape index (κ1) is 20.0. The third kappa shape index (κ3) is 5.18. The molecule has 0 saturated carbocycles. The molecular formula is C25H23NO3. The van der Waals surface area contributed by atoms with Crippen LogP contribution in [0.15, 0.2) is 66.7 Å². The lowest BCUT2D eigenvalue weighted by Crippen LogP contribution is -1.95. The summed E-state index contributed by atoms with van der Waals surface area (Å²) in [6.07, 6.45) is 1.83. The van der Waals surface area contributed by atoms with Crippen molar-refractivity contribution in [3.05, 3.63) is 89.0 Å². The first-order chi connectivity index (χ1) is 14.1. The molecule has 0 N–H and O–H groups in total. The summed E-state index contributed by atoms with van der Waals surface area (Å²) >= 11 is 0. The van der Waals surface area contributed by atoms with Gasteiger partial charge in [0.2, 0.25) is 0 Å². The van der Waals surface area contributed by atoms with Gasteiger partial charge in [-0.05, 0) is 60.0 Å². The zero-order valence-electron chi connectivity index (χ0n) is 16.8. The molecule has 0 atom stereocenters. The molecule has 4 heteroatoms. The summed E-state index contributed by atoms with van der Waals surface area (Å²) < 4.78 is 16.5. The van der Waals surface area contributed by atoms with Crippen molar-refractivity contribution in [3.8, 4) is 23.3 Å². The molecule has 0 aliphatic rings. The predicted molar refractivity (Wildman–Crippen MR) is 115 cm³/mol. The summed E-state index contributed by atoms with van der Waals surface area (Å²) in [5.74, 6) is 1.96. The highest BCUT2D eigenvalue weighted by atomic mass is 16.5. The van der Waals surface area contributed by atoms with Crippen LogP contribution in [0, 0.1) is 18.3 Å². The Bertz CT molecular complexity index is 1050. The van der Waals surface area contributed by atoms with Gasteiger partial charge < -0.3 is 14.2 Å². The summed E-state index contributed by atoms with van der Waals surface area (Å²) in [4.78, 5) is 0. The number of hydrogen-bond acceptors (Lipinski definition) is 4. The Labute approximate surface area is 171 Å². The summed E-state index contributed by atoms with van der Waals surface area (Å²) in [6, 6.07) is 23.6. The fourth-order valence-corrected chi connectivity index (χ4v) is 2.90. The molecule has 146 valence electrons. The van der Waals surface area contributed by atoms with Crippen molar-refractivity contribution in [1.82, 2.24) is 0 Å². The predicted octanol–water partition coefficient (Wildman–Crippen LogP) is 5.66. The van der Waals surface area contributed by atoms with Gasteiger partial charge in [0, 0.05) is 0 Å². The van der Waals surface area contributed by atoms with Crippen molar-refractivity contribution in [3.63, 3.8) is 0 Å². The van der Waals surface area contributed by atoms with E-state index in [1.807, 2.05) is 36.4 Å². The Balaban J connectivity index is 1.80. The van der Waals surface area contributed by atoms with Crippen molar-refractivity contribution >= 4 is 11.6 Å². The lowest BCUT2D eigenvalue weighted by molar-refractivity contribution is 0.306. The van der Waals surface area contributed by atoms with Crippen LogP contribution < -0.4 is 14.2 Å². The van der Waals surface area contributed by atoms with Crippen LogP contribution in [0.2, 0.25) is 0 Å². The Morgan fingerprint density at radius 2 is 1.69 bits per heavy atom. The summed E-state index contributed by atoms with van der Waals surface area (Å²) in [5.41, 5.74) is 4.51. The Kier molecular flexibility index (Phi) is 6.55. The van der Waals surface area contributed by atoms with Gasteiger partial charge in [-0.2, -0.15) is 5.26 Å². The average Bonchev–Trinajstić information content (AvgIpc) is 2.77. The minimum atomic E-state index is 0.494. The second-order valence-electron chi connectivity index (χ2n) is 6.59. The van der Waals surface area contributed by atoms with Crippen LogP contribution in [0.1, 0.15) is 22.3 Å². The molecule has 3 aromatic rings. The Morgan fingerprint density at radius 3 is 2.38 bits per heavy atom. The van der Waals surface area contributed by atoms with Gasteiger partial charge in [-0.3, -0.25) is 0 Å². The summed E-state index contributed by atoms with van der Waals surface area (Å²) in [6.45, 7) is 2.56. The standard InChI is InChI=1S/C25H23NO3/c1-18-7-9-19(10-8-18)17-29-23-6-4-5-20(14-23)13-22(16-26)21-11-12-24(27-2)25(15-21)28-3/h4-15H,17H2,1-3H3/b22-13+. The van der Waals surface area contributed by atoms with Gasteiger partial charge in [0.05, 0.1) is 25.9 Å². The topological polar surface area (TPSA) is 51.5 Å². The molecule has 29 heavy (non-hydrogen) atoms. The molecular weight excluding hydrogens is 362 g/mol. The fourth-order valence-electron chi connectivity index (χ4n) is 2.90. The third-order valence-corrected chi connectivity index (χ3v) is 4.51. The van der Waals surface area contributed by atoms with Gasteiger partial charge in [-0.15, -0.1) is 0 Å². The van der Waals surface area contributed by atoms with Gasteiger partial charge in [0.1, 0.15) is 12.4 Å². The molecule has 3 aromatic carbocycles. The van der Waals surface area contributed by atoms with E-state index in [-0.39, 0.29) is 0 Å². The molecule has 0 aliphatic carbocycles. The van der Waals surface area contributed by atoms with E-state index in [4.69, 9.17) is 14.2 Å². The maximum absolute atomic E-state index is 9.65. The van der Waals surface area contributed by atoms with E-state index in [0.717, 1.165) is 22.4 Å². The number of methoxy groups -OCH3 is 2. The molecule has 0 heterocycles. The van der Waals surface area contributed by atoms with Crippen LogP contribution >= 0.6 is 0 Å². The number of nitriles is 1. The highest BCUT2D eigenvalue weighted by Crippen LogP contribution is 2.31. The lowest BCUT2D eigenvalue weighted by atomic mass is 10.0. The van der Waals surface area contributed by atoms with E-state index in [9.17, 15) is 5.26 Å². The molecule has 0 aromatic heterocycles. The van der Waals surface area contributed by atoms with E-state index in [2.05, 4.69) is 37.3 Å². The highest BCUT2D eigenvalue weighted by molar-refractivity contribution is 5.90. The van der Waals surface area contributed by atoms with Crippen molar-refractivity contribution in [2.45, 2.75) is 13.5 Å². The average molecular weight is 385 g/mol. The molecule has 0 aliphatic heterocycles. The highest BCUT2D eigenvalue weighted by Gasteiger charge is 2.08. The zero-order chi connectivity index (χ0) is 20.6. The number of benzene rings is 3. The number of rotatable bonds is 7. The maximum Gasteiger partial charge on any atom is 0.161 e. The summed E-state index contributed by atoms with van der Waals surface area (Å²) in [7, 11) is 3.16. The molecule has 0 amide bonds. The van der Waals surface area contributed by atoms with Crippen LogP contribution in [0.3, 0.4) is 0 Å². The quantitative estimate of drug-likeness (QED) is 0.389. The molecule has 0 bridgehead atoms. The molecule has 0 radical (unpaired) electrons. The fraction of sp³-hybridized carbons (Fsp3) is 0.160. The molecule has 4 nitrogen and oxygen atoms in total. The van der Waals surface area contributed by atoms with Crippen molar-refractivity contribution < 1.29 is 14.2 Å². The van der Waals surface area contributed by atoms with Crippen LogP contribution in [0.5, 0.6) is 17.2 Å². The normalized spacial score (nSPS) is 10.9. The van der Waals surface area contributed by atoms with Crippen LogP contribution in [-0.2, 0) is 6.61 Å². The Morgan fingerprint density at radius 1 is 0.931 bits per heavy atom. The van der Waals surface area contributed by atoms with Gasteiger partial charge in [0.15, 0.2) is 11.5 Å². The molecule has 0 fully saturated rings. The monoisotopic (exact) mass is 385 g/mol. The van der Waals surface area contributed by atoms with E-state index < -0.39 is 0 Å². The minimum Gasteiger partial charge on any atom is -0.493 e. The van der Waals surface area contributed by atoms with E-state index in [0.29, 0.717) is 23.7 Å². The third-order valence-electron chi connectivity index (χ3n) is 4.51. The number of nitrogens with zero attached hydrogens (tertiary/aromatic N) is 1. The van der Waals surface area contributed by atoms with E-state index in [1.165, 1.54) is 5.56 Å². The van der Waals surface area contributed by atoms with Crippen molar-refractivity contribution in [2.75, 3.05) is 14.2 Å². The number of hydrogen-bond donors (Lipinski definition) is 0. The van der Waals surface area contributed by atoms with Crippen LogP contribution in [0.4, 0.5) is 0 Å². The van der Waals surface area contributed by atoms with Gasteiger partial charge in [-0.25, -0.2) is 0 Å². The minimum absolute atomic E-state index is 0.494. The number of ether oxygens (including phenoxy) is 3. The maximum atomic E-state index is 9.65. The molecule has 3 rings (SSSR count). The second kappa shape index (κ2) is 9.48. The van der Waals surface area contributed by atoms with E-state index in [1.54, 1.807) is 26.4 Å². The largest absolute Gasteiger partial charge is 0.493 e.